The van der Waals surface area contributed by atoms with Crippen LogP contribution in [0.3, 0.4) is 0 Å². The summed E-state index contributed by atoms with van der Waals surface area (Å²) in [4.78, 5) is 19.6. The molecule has 5 heteroatoms. The van der Waals surface area contributed by atoms with Crippen molar-refractivity contribution in [3.05, 3.63) is 4.91 Å². The molecule has 0 aliphatic carbocycles. The second-order valence-corrected chi connectivity index (χ2v) is 2.20. The number of rotatable bonds is 4. The number of nitrogens with two attached hydrogens (primary N) is 1. The SMILES string of the molecule is NSCCCC(=O)N=O. The molecule has 0 saturated carbocycles. The molecule has 0 aromatic carbocycles. The standard InChI is InChI=1S/C4H8N2O2S/c5-9-3-1-2-4(7)6-8/h1-3,5H2. The zero-order chi connectivity index (χ0) is 7.11. The number of hydrogen-bond donors (Lipinski definition) is 1. The highest BCUT2D eigenvalue weighted by Gasteiger charge is 1.97. The number of nitrogens with zero attached hydrogens (tertiary/aromatic N) is 1. The summed E-state index contributed by atoms with van der Waals surface area (Å²) >= 11 is 1.16. The fraction of sp³-hybridized carbons (Fsp3) is 0.750. The van der Waals surface area contributed by atoms with Crippen LogP contribution in [0.5, 0.6) is 0 Å². The lowest BCUT2D eigenvalue weighted by Gasteiger charge is -1.89. The number of carbonyl (C=O) groups is 1. The van der Waals surface area contributed by atoms with E-state index >= 15 is 0 Å². The summed E-state index contributed by atoms with van der Waals surface area (Å²) in [5, 5.41) is 7.27. The largest absolute Gasteiger partial charge is 0.286 e. The first-order valence-corrected chi connectivity index (χ1v) is 3.54. The van der Waals surface area contributed by atoms with Crippen molar-refractivity contribution in [2.45, 2.75) is 12.8 Å². The molecule has 0 aliphatic heterocycles. The minimum atomic E-state index is -0.593. The van der Waals surface area contributed by atoms with Crippen LogP contribution in [-0.4, -0.2) is 11.7 Å². The zero-order valence-electron chi connectivity index (χ0n) is 4.87. The monoisotopic (exact) mass is 148 g/mol. The first-order valence-electron chi connectivity index (χ1n) is 2.49. The molecule has 4 nitrogen and oxygen atoms in total. The molecule has 0 fully saturated rings. The van der Waals surface area contributed by atoms with Crippen molar-refractivity contribution in [1.29, 1.82) is 0 Å². The van der Waals surface area contributed by atoms with Gasteiger partial charge in [0.1, 0.15) is 0 Å². The molecule has 9 heavy (non-hydrogen) atoms. The van der Waals surface area contributed by atoms with Crippen LogP contribution < -0.4 is 5.14 Å². The van der Waals surface area contributed by atoms with E-state index in [-0.39, 0.29) is 6.42 Å². The van der Waals surface area contributed by atoms with Gasteiger partial charge in [0.15, 0.2) is 0 Å². The minimum absolute atomic E-state index is 0.216. The van der Waals surface area contributed by atoms with Gasteiger partial charge >= 0.3 is 0 Å². The molecular formula is C4H8N2O2S. The third-order valence-corrected chi connectivity index (χ3v) is 1.28. The van der Waals surface area contributed by atoms with E-state index in [0.29, 0.717) is 12.2 Å². The molecule has 0 bridgehead atoms. The Morgan fingerprint density at radius 1 is 1.67 bits per heavy atom. The van der Waals surface area contributed by atoms with Crippen molar-refractivity contribution in [3.8, 4) is 0 Å². The quantitative estimate of drug-likeness (QED) is 0.361. The highest BCUT2D eigenvalue weighted by molar-refractivity contribution is 7.97. The summed E-state index contributed by atoms with van der Waals surface area (Å²) in [5.41, 5.74) is 0. The average Bonchev–Trinajstić information content (AvgIpc) is 1.89. The Labute approximate surface area is 57.3 Å². The van der Waals surface area contributed by atoms with Gasteiger partial charge in [-0.1, -0.05) is 11.9 Å². The van der Waals surface area contributed by atoms with Crippen molar-refractivity contribution in [1.82, 2.24) is 0 Å². The second kappa shape index (κ2) is 5.71. The van der Waals surface area contributed by atoms with Gasteiger partial charge in [0, 0.05) is 17.4 Å². The van der Waals surface area contributed by atoms with Crippen LogP contribution >= 0.6 is 11.9 Å². The van der Waals surface area contributed by atoms with Crippen LogP contribution in [0.15, 0.2) is 5.18 Å². The fourth-order valence-electron chi connectivity index (χ4n) is 0.352. The Morgan fingerprint density at radius 2 is 2.33 bits per heavy atom. The molecule has 52 valence electrons. The van der Waals surface area contributed by atoms with E-state index in [0.717, 1.165) is 11.9 Å². The zero-order valence-corrected chi connectivity index (χ0v) is 5.69. The highest BCUT2D eigenvalue weighted by Crippen LogP contribution is 1.96. The first kappa shape index (κ1) is 8.58. The summed E-state index contributed by atoms with van der Waals surface area (Å²) in [6.07, 6.45) is 0.847. The molecule has 0 aromatic heterocycles. The molecular weight excluding hydrogens is 140 g/mol. The minimum Gasteiger partial charge on any atom is -0.278 e. The van der Waals surface area contributed by atoms with E-state index in [2.05, 4.69) is 5.18 Å². The van der Waals surface area contributed by atoms with Gasteiger partial charge in [-0.2, -0.15) is 0 Å². The van der Waals surface area contributed by atoms with E-state index < -0.39 is 5.91 Å². The molecule has 0 radical (unpaired) electrons. The van der Waals surface area contributed by atoms with Crippen molar-refractivity contribution < 1.29 is 4.79 Å². The maximum atomic E-state index is 10.2. The van der Waals surface area contributed by atoms with Crippen LogP contribution in [0.2, 0.25) is 0 Å². The van der Waals surface area contributed by atoms with Crippen LogP contribution in [-0.2, 0) is 4.79 Å². The summed E-state index contributed by atoms with van der Waals surface area (Å²) in [7, 11) is 0. The molecule has 0 rings (SSSR count). The normalized spacial score (nSPS) is 9.00. The molecule has 0 aromatic rings. The third-order valence-electron chi connectivity index (χ3n) is 0.755. The maximum Gasteiger partial charge on any atom is 0.286 e. The molecule has 0 unspecified atom stereocenters. The lowest BCUT2D eigenvalue weighted by atomic mass is 10.3. The van der Waals surface area contributed by atoms with E-state index in [9.17, 15) is 9.70 Å². The highest BCUT2D eigenvalue weighted by atomic mass is 32.2. The maximum absolute atomic E-state index is 10.2. The number of carbonyl (C=O) groups excluding carboxylic acids is 1. The van der Waals surface area contributed by atoms with Gasteiger partial charge in [-0.15, -0.1) is 4.91 Å². The molecule has 2 N–H and O–H groups in total. The Morgan fingerprint density at radius 3 is 2.78 bits per heavy atom. The van der Waals surface area contributed by atoms with Gasteiger partial charge in [-0.3, -0.25) is 9.93 Å². The fourth-order valence-corrected chi connectivity index (χ4v) is 0.663. The van der Waals surface area contributed by atoms with Gasteiger partial charge in [0.2, 0.25) is 0 Å². The number of nitroso groups, excluding NO2 is 1. The summed E-state index contributed by atoms with van der Waals surface area (Å²) in [6, 6.07) is 0. The van der Waals surface area contributed by atoms with Crippen molar-refractivity contribution in [3.63, 3.8) is 0 Å². The number of amides is 1. The molecule has 0 saturated heterocycles. The van der Waals surface area contributed by atoms with E-state index in [1.165, 1.54) is 0 Å². The van der Waals surface area contributed by atoms with Gasteiger partial charge in [-0.05, 0) is 6.42 Å². The van der Waals surface area contributed by atoms with Gasteiger partial charge in [-0.25, -0.2) is 0 Å². The van der Waals surface area contributed by atoms with Crippen LogP contribution in [0.4, 0.5) is 0 Å². The van der Waals surface area contributed by atoms with Crippen molar-refractivity contribution >= 4 is 17.9 Å². The predicted octanol–water partition coefficient (Wildman–Crippen LogP) is 0.667. The van der Waals surface area contributed by atoms with Gasteiger partial charge in [0.05, 0.1) is 0 Å². The first-order chi connectivity index (χ1) is 4.31. The summed E-state index contributed by atoms with van der Waals surface area (Å²) in [6.45, 7) is 0. The Hall–Kier alpha value is -0.420. The van der Waals surface area contributed by atoms with Crippen molar-refractivity contribution in [2.24, 2.45) is 10.3 Å². The smallest absolute Gasteiger partial charge is 0.278 e. The Kier molecular flexibility index (Phi) is 5.45. The third kappa shape index (κ3) is 5.45. The van der Waals surface area contributed by atoms with E-state index in [4.69, 9.17) is 5.14 Å². The number of hydrogen-bond acceptors (Lipinski definition) is 4. The molecule has 0 heterocycles. The lowest BCUT2D eigenvalue weighted by molar-refractivity contribution is -0.117. The summed E-state index contributed by atoms with van der Waals surface area (Å²) in [5.74, 6) is 0.102. The molecule has 0 atom stereocenters. The molecule has 0 spiro atoms. The van der Waals surface area contributed by atoms with Crippen LogP contribution in [0.25, 0.3) is 0 Å². The van der Waals surface area contributed by atoms with Crippen molar-refractivity contribution in [2.75, 3.05) is 5.75 Å². The lowest BCUT2D eigenvalue weighted by Crippen LogP contribution is -1.93. The topological polar surface area (TPSA) is 72.5 Å². The van der Waals surface area contributed by atoms with E-state index in [1.807, 2.05) is 0 Å². The molecule has 1 amide bonds. The van der Waals surface area contributed by atoms with Crippen LogP contribution in [0.1, 0.15) is 12.8 Å². The second-order valence-electron chi connectivity index (χ2n) is 1.46. The average molecular weight is 148 g/mol. The van der Waals surface area contributed by atoms with Gasteiger partial charge in [0.25, 0.3) is 5.91 Å². The summed E-state index contributed by atoms with van der Waals surface area (Å²) < 4.78 is 0. The Balaban J connectivity index is 3.07. The molecule has 0 aliphatic rings. The Bertz CT molecular complexity index is 107. The van der Waals surface area contributed by atoms with E-state index in [1.54, 1.807) is 0 Å². The van der Waals surface area contributed by atoms with Gasteiger partial charge < -0.3 is 0 Å². The predicted molar refractivity (Wildman–Crippen MR) is 36.7 cm³/mol. The van der Waals surface area contributed by atoms with Crippen LogP contribution in [0, 0.1) is 4.91 Å².